The predicted molar refractivity (Wildman–Crippen MR) is 201 cm³/mol. The third-order valence-electron chi connectivity index (χ3n) is 11.0. The number of nitrogens with zero attached hydrogens (tertiary/aromatic N) is 7. The number of urea groups is 1. The van der Waals surface area contributed by atoms with E-state index in [2.05, 4.69) is 25.4 Å². The Morgan fingerprint density at radius 1 is 1.04 bits per heavy atom. The van der Waals surface area contributed by atoms with E-state index in [9.17, 15) is 23.6 Å². The number of piperazine rings is 1. The molecule has 0 bridgehead atoms. The largest absolute Gasteiger partial charge is 0.490 e. The number of amides is 4. The Bertz CT molecular complexity index is 2100. The lowest BCUT2D eigenvalue weighted by molar-refractivity contribution is -0.120. The summed E-state index contributed by atoms with van der Waals surface area (Å²) in [5, 5.41) is 5.09. The van der Waals surface area contributed by atoms with Crippen LogP contribution in [0.4, 0.5) is 26.4 Å². The van der Waals surface area contributed by atoms with E-state index >= 15 is 0 Å². The second kappa shape index (κ2) is 14.8. The molecule has 2 saturated carbocycles. The van der Waals surface area contributed by atoms with Crippen molar-refractivity contribution in [3.8, 4) is 5.75 Å². The van der Waals surface area contributed by atoms with E-state index in [1.807, 2.05) is 36.6 Å². The first-order valence-electron chi connectivity index (χ1n) is 19.0. The van der Waals surface area contributed by atoms with Gasteiger partial charge in [-0.05, 0) is 69.7 Å². The minimum atomic E-state index is -1.04. The number of pyridine rings is 3. The normalized spacial score (nSPS) is 23.5. The predicted octanol–water partition coefficient (Wildman–Crippen LogP) is 4.76. The van der Waals surface area contributed by atoms with Gasteiger partial charge < -0.3 is 23.9 Å². The summed E-state index contributed by atoms with van der Waals surface area (Å²) in [5.74, 6) is 1.48. The molecule has 0 spiro atoms. The first-order valence-corrected chi connectivity index (χ1v) is 19.0. The van der Waals surface area contributed by atoms with Crippen LogP contribution in [-0.2, 0) is 4.79 Å². The van der Waals surface area contributed by atoms with Crippen LogP contribution in [0.2, 0.25) is 0 Å². The highest BCUT2D eigenvalue weighted by atomic mass is 19.1. The Morgan fingerprint density at radius 3 is 2.50 bits per heavy atom. The van der Waals surface area contributed by atoms with Gasteiger partial charge in [0.15, 0.2) is 0 Å². The number of rotatable bonds is 10. The molecule has 15 heteroatoms. The van der Waals surface area contributed by atoms with Gasteiger partial charge in [-0.3, -0.25) is 29.5 Å². The lowest BCUT2D eigenvalue weighted by Gasteiger charge is -2.38. The first-order chi connectivity index (χ1) is 26.1. The molecule has 4 aromatic heterocycles. The number of imide groups is 1. The van der Waals surface area contributed by atoms with E-state index < -0.39 is 29.7 Å². The van der Waals surface area contributed by atoms with E-state index in [1.54, 1.807) is 35.6 Å². The minimum absolute atomic E-state index is 0.0935. The van der Waals surface area contributed by atoms with Gasteiger partial charge in [-0.15, -0.1) is 0 Å². The number of alkyl halides is 1. The maximum absolute atomic E-state index is 13.7. The Morgan fingerprint density at radius 2 is 1.81 bits per heavy atom. The third-order valence-corrected chi connectivity index (χ3v) is 11.0. The van der Waals surface area contributed by atoms with Gasteiger partial charge in [0.1, 0.15) is 29.1 Å². The molecular formula is C39H46FN9O5. The van der Waals surface area contributed by atoms with Gasteiger partial charge in [0, 0.05) is 82.7 Å². The zero-order chi connectivity index (χ0) is 37.5. The van der Waals surface area contributed by atoms with Gasteiger partial charge in [0.2, 0.25) is 5.91 Å². The summed E-state index contributed by atoms with van der Waals surface area (Å²) in [6.07, 6.45) is 10.6. The summed E-state index contributed by atoms with van der Waals surface area (Å²) in [6.45, 7) is 8.89. The van der Waals surface area contributed by atoms with Crippen molar-refractivity contribution in [2.45, 2.75) is 76.6 Å². The number of carbonyl (C=O) groups excluding carboxylic acids is 3. The van der Waals surface area contributed by atoms with Crippen LogP contribution in [0.15, 0.2) is 59.9 Å². The van der Waals surface area contributed by atoms with E-state index in [1.165, 1.54) is 10.6 Å². The number of fused-ring (bicyclic) bond motifs is 1. The zero-order valence-corrected chi connectivity index (χ0v) is 30.6. The molecule has 0 unspecified atom stereocenters. The van der Waals surface area contributed by atoms with Crippen molar-refractivity contribution in [1.82, 2.24) is 29.2 Å². The quantitative estimate of drug-likeness (QED) is 0.235. The fraction of sp³-hybridized carbons (Fsp3) is 0.487. The SMILES string of the molecule is CC(C)Oc1cc2nc(C3CCC(CN4CCN(c5ccc(N6CCC(=O)NC6=O)cn5)CC4)CC3)cn2cc1C(=O)Nc1cccn([C@H]2C[C@H]2F)c1=O. The number of carbonyl (C=O) groups is 3. The molecule has 4 aliphatic rings. The molecular weight excluding hydrogens is 693 g/mol. The van der Waals surface area contributed by atoms with Gasteiger partial charge in [-0.2, -0.15) is 0 Å². The number of ether oxygens (including phenoxy) is 1. The Balaban J connectivity index is 0.859. The van der Waals surface area contributed by atoms with Crippen molar-refractivity contribution in [2.24, 2.45) is 5.92 Å². The monoisotopic (exact) mass is 739 g/mol. The summed E-state index contributed by atoms with van der Waals surface area (Å²) >= 11 is 0. The van der Waals surface area contributed by atoms with Crippen molar-refractivity contribution in [2.75, 3.05) is 54.4 Å². The van der Waals surface area contributed by atoms with Crippen molar-refractivity contribution < 1.29 is 23.5 Å². The Hall–Kier alpha value is -5.31. The minimum Gasteiger partial charge on any atom is -0.490 e. The van der Waals surface area contributed by atoms with Gasteiger partial charge in [-0.1, -0.05) is 0 Å². The van der Waals surface area contributed by atoms with E-state index in [4.69, 9.17) is 9.72 Å². The Labute approximate surface area is 312 Å². The van der Waals surface area contributed by atoms with Crippen molar-refractivity contribution in [3.05, 3.63) is 76.7 Å². The van der Waals surface area contributed by atoms with Gasteiger partial charge >= 0.3 is 6.03 Å². The molecule has 0 aromatic carbocycles. The highest BCUT2D eigenvalue weighted by molar-refractivity contribution is 6.06. The maximum Gasteiger partial charge on any atom is 0.328 e. The molecule has 2 saturated heterocycles. The molecule has 8 rings (SSSR count). The average molecular weight is 740 g/mol. The van der Waals surface area contributed by atoms with Crippen molar-refractivity contribution in [3.63, 3.8) is 0 Å². The van der Waals surface area contributed by atoms with Gasteiger partial charge in [0.05, 0.1) is 35.3 Å². The molecule has 4 fully saturated rings. The van der Waals surface area contributed by atoms with Gasteiger partial charge in [0.25, 0.3) is 11.5 Å². The van der Waals surface area contributed by atoms with E-state index in [0.29, 0.717) is 41.9 Å². The Kier molecular flexibility index (Phi) is 9.81. The average Bonchev–Trinajstić information content (AvgIpc) is 3.74. The van der Waals surface area contributed by atoms with Crippen LogP contribution >= 0.6 is 0 Å². The lowest BCUT2D eigenvalue weighted by Crippen LogP contribution is -2.49. The number of hydrogen-bond acceptors (Lipinski definition) is 9. The molecule has 2 aliphatic carbocycles. The summed E-state index contributed by atoms with van der Waals surface area (Å²) < 4.78 is 23.0. The second-order valence-electron chi connectivity index (χ2n) is 15.2. The number of hydrogen-bond donors (Lipinski definition) is 2. The number of nitrogens with one attached hydrogen (secondary N) is 2. The molecule has 2 aliphatic heterocycles. The molecule has 4 amide bonds. The van der Waals surface area contributed by atoms with E-state index in [0.717, 1.165) is 69.9 Å². The van der Waals surface area contributed by atoms with Crippen molar-refractivity contribution >= 4 is 40.7 Å². The highest BCUT2D eigenvalue weighted by Gasteiger charge is 2.40. The maximum atomic E-state index is 13.7. The molecule has 0 radical (unpaired) electrons. The topological polar surface area (TPSA) is 146 Å². The summed E-state index contributed by atoms with van der Waals surface area (Å²) in [7, 11) is 0. The van der Waals surface area contributed by atoms with Crippen LogP contribution in [0, 0.1) is 5.92 Å². The summed E-state index contributed by atoms with van der Waals surface area (Å²) in [5.41, 5.74) is 2.32. The molecule has 284 valence electrons. The summed E-state index contributed by atoms with van der Waals surface area (Å²) in [4.78, 5) is 66.2. The van der Waals surface area contributed by atoms with Gasteiger partial charge in [-0.25, -0.2) is 19.2 Å². The first kappa shape index (κ1) is 35.7. The standard InChI is InChI=1S/C39H46FN9O5/c1-24(2)54-33-19-35-42-31(23-47(35)22-28(33)37(51)43-30-4-3-12-49(38(30)52)32-18-29(32)40)26-7-5-25(6-8-26)21-45-14-16-46(17-15-45)34-10-9-27(20-41-34)48-13-11-36(50)44-39(48)53/h3-4,9-10,12,19-20,22-26,29,32H,5-8,11,13-18,21H2,1-2H3,(H,43,51)(H,44,50,53)/t25?,26?,29-,32+/m1/s1. The molecule has 2 N–H and O–H groups in total. The highest BCUT2D eigenvalue weighted by Crippen LogP contribution is 2.38. The van der Waals surface area contributed by atoms with Crippen LogP contribution in [0.25, 0.3) is 5.65 Å². The molecule has 54 heavy (non-hydrogen) atoms. The van der Waals surface area contributed by atoms with Crippen LogP contribution < -0.4 is 30.7 Å². The van der Waals surface area contributed by atoms with E-state index in [-0.39, 0.29) is 29.7 Å². The smallest absolute Gasteiger partial charge is 0.328 e. The molecule has 2 atom stereocenters. The molecule has 6 heterocycles. The number of imidazole rings is 1. The van der Waals surface area contributed by atoms with Crippen LogP contribution in [0.1, 0.15) is 80.4 Å². The fourth-order valence-corrected chi connectivity index (χ4v) is 7.95. The molecule has 14 nitrogen and oxygen atoms in total. The van der Waals surface area contributed by atoms with Crippen LogP contribution in [0.5, 0.6) is 5.75 Å². The molecule has 4 aromatic rings. The number of anilines is 3. The third kappa shape index (κ3) is 7.54. The van der Waals surface area contributed by atoms with Crippen LogP contribution in [0.3, 0.4) is 0 Å². The lowest BCUT2D eigenvalue weighted by atomic mass is 9.80. The number of halogens is 1. The van der Waals surface area contributed by atoms with Crippen molar-refractivity contribution in [1.29, 1.82) is 0 Å². The van der Waals surface area contributed by atoms with Crippen LogP contribution in [-0.4, -0.2) is 93.2 Å². The second-order valence-corrected chi connectivity index (χ2v) is 15.2. The number of aromatic nitrogens is 4. The summed E-state index contributed by atoms with van der Waals surface area (Å²) in [6, 6.07) is 7.90. The zero-order valence-electron chi connectivity index (χ0n) is 30.6. The fourth-order valence-electron chi connectivity index (χ4n) is 7.95.